The van der Waals surface area contributed by atoms with Crippen LogP contribution in [0.1, 0.15) is 41.5 Å². The predicted octanol–water partition coefficient (Wildman–Crippen LogP) is 6.10. The third kappa shape index (κ3) is 2.74. The van der Waals surface area contributed by atoms with Gasteiger partial charge >= 0.3 is 0 Å². The number of rotatable bonds is 2. The molecule has 0 saturated carbocycles. The molecule has 2 aromatic carbocycles. The quantitative estimate of drug-likeness (QED) is 0.406. The molecule has 0 N–H and O–H groups in total. The Bertz CT molecular complexity index is 1240. The first-order chi connectivity index (χ1) is 14.3. The third-order valence-corrected chi connectivity index (χ3v) is 6.24. The highest BCUT2D eigenvalue weighted by molar-refractivity contribution is 6.31. The van der Waals surface area contributed by atoms with Crippen LogP contribution < -0.4 is 4.74 Å². The van der Waals surface area contributed by atoms with E-state index in [1.54, 1.807) is 0 Å². The summed E-state index contributed by atoms with van der Waals surface area (Å²) in [5, 5.41) is 6.11. The number of hydrogen-bond acceptors (Lipinski definition) is 4. The van der Waals surface area contributed by atoms with Crippen LogP contribution in [-0.4, -0.2) is 10.1 Å². The molecule has 144 valence electrons. The third-order valence-electron chi connectivity index (χ3n) is 6.02. The maximum Gasteiger partial charge on any atom is 0.181 e. The van der Waals surface area contributed by atoms with Crippen LogP contribution in [0.4, 0.5) is 0 Å². The lowest BCUT2D eigenvalue weighted by molar-refractivity contribution is 0.189. The molecule has 0 radical (unpaired) electrons. The van der Waals surface area contributed by atoms with E-state index in [2.05, 4.69) is 16.2 Å². The van der Waals surface area contributed by atoms with Crippen LogP contribution in [-0.2, 0) is 19.3 Å². The summed E-state index contributed by atoms with van der Waals surface area (Å²) in [6.45, 7) is 0. The normalized spacial score (nSPS) is 17.8. The zero-order valence-electron chi connectivity index (χ0n) is 15.8. The average molecular weight is 403 g/mol. The number of fused-ring (bicyclic) bond motifs is 3. The number of halogens is 1. The Kier molecular flexibility index (Phi) is 3.88. The molecule has 4 nitrogen and oxygen atoms in total. The summed E-state index contributed by atoms with van der Waals surface area (Å²) in [6.07, 6.45) is 6.81. The minimum Gasteiger partial charge on any atom is -0.481 e. The topological polar surface area (TPSA) is 48.2 Å². The minimum atomic E-state index is -0.148. The van der Waals surface area contributed by atoms with E-state index < -0.39 is 0 Å². The molecule has 3 heterocycles. The van der Waals surface area contributed by atoms with Gasteiger partial charge in [0.25, 0.3) is 0 Å². The summed E-state index contributed by atoms with van der Waals surface area (Å²) in [7, 11) is 0. The van der Waals surface area contributed by atoms with Crippen molar-refractivity contribution in [3.8, 4) is 16.9 Å². The van der Waals surface area contributed by atoms with Crippen LogP contribution >= 0.6 is 11.6 Å². The SMILES string of the molecule is Clc1cc2c(c(-c3ccnc4ccccc34)c1)O[C@@H](c1onc3c1CCCC3)C2. The molecule has 0 saturated heterocycles. The molecule has 0 spiro atoms. The van der Waals surface area contributed by atoms with E-state index in [0.717, 1.165) is 64.1 Å². The van der Waals surface area contributed by atoms with Gasteiger partial charge in [0.15, 0.2) is 11.9 Å². The van der Waals surface area contributed by atoms with Crippen LogP contribution in [0.25, 0.3) is 22.0 Å². The van der Waals surface area contributed by atoms with Gasteiger partial charge in [-0.15, -0.1) is 0 Å². The van der Waals surface area contributed by atoms with Gasteiger partial charge in [-0.05, 0) is 55.5 Å². The molecule has 6 rings (SSSR count). The number of aromatic nitrogens is 2. The molecule has 5 heteroatoms. The van der Waals surface area contributed by atoms with Crippen LogP contribution in [0.2, 0.25) is 5.02 Å². The zero-order valence-corrected chi connectivity index (χ0v) is 16.6. The lowest BCUT2D eigenvalue weighted by Gasteiger charge is -2.14. The second kappa shape index (κ2) is 6.60. The summed E-state index contributed by atoms with van der Waals surface area (Å²) < 4.78 is 12.3. The molecule has 1 aliphatic carbocycles. The Balaban J connectivity index is 1.47. The molecule has 4 aromatic rings. The maximum atomic E-state index is 6.51. The Labute approximate surface area is 173 Å². The molecule has 1 aliphatic heterocycles. The number of nitrogens with zero attached hydrogens (tertiary/aromatic N) is 2. The van der Waals surface area contributed by atoms with Crippen molar-refractivity contribution in [2.45, 2.75) is 38.2 Å². The van der Waals surface area contributed by atoms with E-state index in [1.807, 2.05) is 42.6 Å². The summed E-state index contributed by atoms with van der Waals surface area (Å²) >= 11 is 6.51. The fourth-order valence-electron chi connectivity index (χ4n) is 4.67. The van der Waals surface area contributed by atoms with Crippen LogP contribution in [0.15, 0.2) is 53.2 Å². The van der Waals surface area contributed by atoms with Crippen molar-refractivity contribution in [2.24, 2.45) is 0 Å². The minimum absolute atomic E-state index is 0.148. The number of para-hydroxylation sites is 1. The molecule has 1 atom stereocenters. The van der Waals surface area contributed by atoms with E-state index in [9.17, 15) is 0 Å². The first kappa shape index (κ1) is 17.0. The van der Waals surface area contributed by atoms with Crippen molar-refractivity contribution in [1.29, 1.82) is 0 Å². The number of ether oxygens (including phenoxy) is 1. The molecule has 2 aromatic heterocycles. The monoisotopic (exact) mass is 402 g/mol. The molecule has 0 bridgehead atoms. The molecule has 0 amide bonds. The van der Waals surface area contributed by atoms with Crippen molar-refractivity contribution in [3.63, 3.8) is 0 Å². The number of benzene rings is 2. The molecule has 29 heavy (non-hydrogen) atoms. The molecule has 2 aliphatic rings. The van der Waals surface area contributed by atoms with Gasteiger partial charge in [-0.2, -0.15) is 0 Å². The van der Waals surface area contributed by atoms with Gasteiger partial charge in [0.05, 0.1) is 11.2 Å². The second-order valence-electron chi connectivity index (χ2n) is 7.81. The fraction of sp³-hybridized carbons (Fsp3) is 0.250. The van der Waals surface area contributed by atoms with E-state index >= 15 is 0 Å². The van der Waals surface area contributed by atoms with Crippen molar-refractivity contribution in [3.05, 3.63) is 76.3 Å². The molecule has 0 fully saturated rings. The van der Waals surface area contributed by atoms with Gasteiger partial charge in [0.1, 0.15) is 5.75 Å². The lowest BCUT2D eigenvalue weighted by Crippen LogP contribution is -2.08. The Morgan fingerprint density at radius 2 is 1.90 bits per heavy atom. The van der Waals surface area contributed by atoms with Crippen molar-refractivity contribution in [1.82, 2.24) is 10.1 Å². The Hall–Kier alpha value is -2.85. The van der Waals surface area contributed by atoms with Gasteiger partial charge < -0.3 is 9.26 Å². The van der Waals surface area contributed by atoms with Gasteiger partial charge in [-0.25, -0.2) is 0 Å². The maximum absolute atomic E-state index is 6.51. The van der Waals surface area contributed by atoms with E-state index in [0.29, 0.717) is 5.02 Å². The highest BCUT2D eigenvalue weighted by Gasteiger charge is 2.34. The van der Waals surface area contributed by atoms with Gasteiger partial charge in [-0.1, -0.05) is 35.0 Å². The van der Waals surface area contributed by atoms with Crippen molar-refractivity contribution < 1.29 is 9.26 Å². The van der Waals surface area contributed by atoms with Crippen LogP contribution in [0.5, 0.6) is 5.75 Å². The summed E-state index contributed by atoms with van der Waals surface area (Å²) in [4.78, 5) is 4.49. The van der Waals surface area contributed by atoms with Gasteiger partial charge in [0, 0.05) is 39.7 Å². The van der Waals surface area contributed by atoms with Crippen molar-refractivity contribution in [2.75, 3.05) is 0 Å². The number of aryl methyl sites for hydroxylation is 1. The highest BCUT2D eigenvalue weighted by atomic mass is 35.5. The second-order valence-corrected chi connectivity index (χ2v) is 8.24. The Morgan fingerprint density at radius 3 is 2.86 bits per heavy atom. The summed E-state index contributed by atoms with van der Waals surface area (Å²) in [6, 6.07) is 14.2. The standard InChI is InChI=1S/C24H19ClN2O2/c25-15-11-14-12-22(24-18-6-2-4-8-21(18)27-29-24)28-23(14)19(13-15)16-9-10-26-20-7-3-1-5-17(16)20/h1,3,5,7,9-11,13,22H,2,4,6,8,12H2/t22-/m1/s1. The highest BCUT2D eigenvalue weighted by Crippen LogP contribution is 2.47. The fourth-order valence-corrected chi connectivity index (χ4v) is 4.91. The number of pyridine rings is 1. The molecular formula is C24H19ClN2O2. The largest absolute Gasteiger partial charge is 0.481 e. The first-order valence-corrected chi connectivity index (χ1v) is 10.5. The van der Waals surface area contributed by atoms with E-state index in [-0.39, 0.29) is 6.10 Å². The number of hydrogen-bond donors (Lipinski definition) is 0. The lowest BCUT2D eigenvalue weighted by atomic mass is 9.93. The Morgan fingerprint density at radius 1 is 1.00 bits per heavy atom. The molecular weight excluding hydrogens is 384 g/mol. The predicted molar refractivity (Wildman–Crippen MR) is 112 cm³/mol. The van der Waals surface area contributed by atoms with Crippen LogP contribution in [0, 0.1) is 0 Å². The van der Waals surface area contributed by atoms with Crippen LogP contribution in [0.3, 0.4) is 0 Å². The average Bonchev–Trinajstić information content (AvgIpc) is 3.36. The van der Waals surface area contributed by atoms with Gasteiger partial charge in [0.2, 0.25) is 0 Å². The smallest absolute Gasteiger partial charge is 0.181 e. The summed E-state index contributed by atoms with van der Waals surface area (Å²) in [5.41, 5.74) is 6.49. The van der Waals surface area contributed by atoms with E-state index in [1.165, 1.54) is 18.4 Å². The summed E-state index contributed by atoms with van der Waals surface area (Å²) in [5.74, 6) is 1.77. The van der Waals surface area contributed by atoms with E-state index in [4.69, 9.17) is 20.9 Å². The van der Waals surface area contributed by atoms with Crippen molar-refractivity contribution >= 4 is 22.5 Å². The molecule has 0 unspecified atom stereocenters. The first-order valence-electron chi connectivity index (χ1n) is 10.1. The van der Waals surface area contributed by atoms with Gasteiger partial charge in [-0.3, -0.25) is 4.98 Å². The zero-order chi connectivity index (χ0) is 19.4.